The smallest absolute Gasteiger partial charge is 0.387 e. The highest BCUT2D eigenvalue weighted by Gasteiger charge is 2.11. The van der Waals surface area contributed by atoms with Gasteiger partial charge < -0.3 is 15.8 Å². The van der Waals surface area contributed by atoms with Crippen LogP contribution >= 0.6 is 0 Å². The van der Waals surface area contributed by atoms with Gasteiger partial charge in [0, 0.05) is 6.54 Å². The molecule has 1 atom stereocenters. The second-order valence-electron chi connectivity index (χ2n) is 4.14. The number of alkyl halides is 2. The Morgan fingerprint density at radius 1 is 1.47 bits per heavy atom. The lowest BCUT2D eigenvalue weighted by molar-refractivity contribution is -0.122. The molecule has 6 heteroatoms. The van der Waals surface area contributed by atoms with E-state index in [-0.39, 0.29) is 18.2 Å². The second-order valence-corrected chi connectivity index (χ2v) is 4.14. The van der Waals surface area contributed by atoms with E-state index in [2.05, 4.69) is 10.1 Å². The maximum absolute atomic E-state index is 12.0. The van der Waals surface area contributed by atoms with E-state index in [0.29, 0.717) is 12.0 Å². The van der Waals surface area contributed by atoms with Crippen molar-refractivity contribution in [2.75, 3.05) is 0 Å². The van der Waals surface area contributed by atoms with Gasteiger partial charge in [0.25, 0.3) is 0 Å². The first-order chi connectivity index (χ1) is 9.02. The molecule has 0 heterocycles. The third-order valence-electron chi connectivity index (χ3n) is 2.53. The fraction of sp³-hybridized carbons (Fsp3) is 0.462. The van der Waals surface area contributed by atoms with Gasteiger partial charge in [-0.2, -0.15) is 8.78 Å². The third-order valence-corrected chi connectivity index (χ3v) is 2.53. The number of amides is 1. The van der Waals surface area contributed by atoms with Crippen molar-refractivity contribution in [3.8, 4) is 5.75 Å². The first-order valence-electron chi connectivity index (χ1n) is 6.10. The fourth-order valence-corrected chi connectivity index (χ4v) is 1.59. The summed E-state index contributed by atoms with van der Waals surface area (Å²) in [6.45, 7) is -0.683. The molecule has 0 aliphatic rings. The van der Waals surface area contributed by atoms with Crippen LogP contribution < -0.4 is 15.8 Å². The molecule has 0 aliphatic carbocycles. The summed E-state index contributed by atoms with van der Waals surface area (Å²) in [5, 5.41) is 2.66. The summed E-state index contributed by atoms with van der Waals surface area (Å²) in [5.41, 5.74) is 6.33. The highest BCUT2D eigenvalue weighted by atomic mass is 19.3. The van der Waals surface area contributed by atoms with Gasteiger partial charge in [-0.3, -0.25) is 4.79 Å². The molecule has 0 aliphatic heterocycles. The molecule has 0 radical (unpaired) electrons. The first kappa shape index (κ1) is 15.4. The molecule has 106 valence electrons. The maximum Gasteiger partial charge on any atom is 0.387 e. The number of carbonyl (C=O) groups is 1. The molecule has 0 saturated carbocycles. The van der Waals surface area contributed by atoms with Crippen molar-refractivity contribution in [2.24, 2.45) is 5.73 Å². The molecule has 0 fully saturated rings. The Labute approximate surface area is 110 Å². The number of halogens is 2. The Morgan fingerprint density at radius 2 is 2.21 bits per heavy atom. The lowest BCUT2D eigenvalue weighted by Crippen LogP contribution is -2.40. The van der Waals surface area contributed by atoms with Crippen LogP contribution in [0.5, 0.6) is 5.75 Å². The number of benzene rings is 1. The third kappa shape index (κ3) is 5.65. The van der Waals surface area contributed by atoms with Crippen LogP contribution in [-0.2, 0) is 11.3 Å². The molecule has 0 spiro atoms. The van der Waals surface area contributed by atoms with Crippen molar-refractivity contribution >= 4 is 5.91 Å². The molecular formula is C13H18F2N2O2. The summed E-state index contributed by atoms with van der Waals surface area (Å²) in [6.07, 6.45) is 1.44. The van der Waals surface area contributed by atoms with Gasteiger partial charge in [-0.1, -0.05) is 25.5 Å². The second kappa shape index (κ2) is 7.68. The van der Waals surface area contributed by atoms with E-state index in [1.54, 1.807) is 12.1 Å². The van der Waals surface area contributed by atoms with Crippen molar-refractivity contribution in [3.63, 3.8) is 0 Å². The average molecular weight is 272 g/mol. The predicted octanol–water partition coefficient (Wildman–Crippen LogP) is 2.03. The van der Waals surface area contributed by atoms with Crippen LogP contribution in [-0.4, -0.2) is 18.6 Å². The van der Waals surface area contributed by atoms with E-state index in [0.717, 1.165) is 6.42 Å². The number of rotatable bonds is 7. The zero-order valence-corrected chi connectivity index (χ0v) is 10.7. The topological polar surface area (TPSA) is 64.4 Å². The summed E-state index contributed by atoms with van der Waals surface area (Å²) in [7, 11) is 0. The largest absolute Gasteiger partial charge is 0.435 e. The Kier molecular flexibility index (Phi) is 6.21. The Hall–Kier alpha value is -1.69. The molecule has 0 saturated heterocycles. The lowest BCUT2D eigenvalue weighted by atomic mass is 10.1. The minimum Gasteiger partial charge on any atom is -0.435 e. The molecule has 1 aromatic rings. The van der Waals surface area contributed by atoms with Gasteiger partial charge in [0.15, 0.2) is 0 Å². The van der Waals surface area contributed by atoms with Crippen LogP contribution in [0.4, 0.5) is 8.78 Å². The van der Waals surface area contributed by atoms with E-state index < -0.39 is 12.7 Å². The highest BCUT2D eigenvalue weighted by Crippen LogP contribution is 2.15. The summed E-state index contributed by atoms with van der Waals surface area (Å²) >= 11 is 0. The molecule has 1 aromatic carbocycles. The van der Waals surface area contributed by atoms with E-state index >= 15 is 0 Å². The van der Waals surface area contributed by atoms with Crippen LogP contribution in [0.3, 0.4) is 0 Å². The molecule has 1 rings (SSSR count). The normalized spacial score (nSPS) is 12.3. The first-order valence-corrected chi connectivity index (χ1v) is 6.10. The molecule has 19 heavy (non-hydrogen) atoms. The van der Waals surface area contributed by atoms with Crippen LogP contribution in [0.2, 0.25) is 0 Å². The minimum absolute atomic E-state index is 0.0691. The molecule has 0 bridgehead atoms. The maximum atomic E-state index is 12.0. The van der Waals surface area contributed by atoms with Crippen LogP contribution in [0.15, 0.2) is 24.3 Å². The van der Waals surface area contributed by atoms with Crippen molar-refractivity contribution in [1.29, 1.82) is 0 Å². The highest BCUT2D eigenvalue weighted by molar-refractivity contribution is 5.81. The van der Waals surface area contributed by atoms with E-state index in [9.17, 15) is 13.6 Å². The van der Waals surface area contributed by atoms with E-state index in [1.165, 1.54) is 12.1 Å². The summed E-state index contributed by atoms with van der Waals surface area (Å²) in [6, 6.07) is 5.65. The molecule has 1 unspecified atom stereocenters. The fourth-order valence-electron chi connectivity index (χ4n) is 1.59. The molecule has 1 amide bonds. The summed E-state index contributed by atoms with van der Waals surface area (Å²) < 4.78 is 28.4. The predicted molar refractivity (Wildman–Crippen MR) is 67.8 cm³/mol. The van der Waals surface area contributed by atoms with Gasteiger partial charge in [0.05, 0.1) is 6.04 Å². The summed E-state index contributed by atoms with van der Waals surface area (Å²) in [4.78, 5) is 11.6. The van der Waals surface area contributed by atoms with Crippen molar-refractivity contribution in [3.05, 3.63) is 29.8 Å². The minimum atomic E-state index is -2.86. The van der Waals surface area contributed by atoms with Crippen molar-refractivity contribution in [1.82, 2.24) is 5.32 Å². The number of carbonyl (C=O) groups excluding carboxylic acids is 1. The number of nitrogens with one attached hydrogen (secondary N) is 1. The van der Waals surface area contributed by atoms with Crippen LogP contribution in [0, 0.1) is 0 Å². The van der Waals surface area contributed by atoms with Crippen LogP contribution in [0.25, 0.3) is 0 Å². The molecule has 3 N–H and O–H groups in total. The van der Waals surface area contributed by atoms with E-state index in [4.69, 9.17) is 5.73 Å². The van der Waals surface area contributed by atoms with Gasteiger partial charge in [-0.05, 0) is 24.1 Å². The zero-order valence-electron chi connectivity index (χ0n) is 10.7. The van der Waals surface area contributed by atoms with Gasteiger partial charge >= 0.3 is 6.61 Å². The quantitative estimate of drug-likeness (QED) is 0.798. The van der Waals surface area contributed by atoms with Crippen LogP contribution in [0.1, 0.15) is 25.3 Å². The Balaban J connectivity index is 2.51. The van der Waals surface area contributed by atoms with Gasteiger partial charge in [-0.25, -0.2) is 0 Å². The van der Waals surface area contributed by atoms with E-state index in [1.807, 2.05) is 6.92 Å². The SMILES string of the molecule is CCCC(N)C(=O)NCc1cccc(OC(F)F)c1. The van der Waals surface area contributed by atoms with Gasteiger partial charge in [-0.15, -0.1) is 0 Å². The Bertz CT molecular complexity index is 413. The van der Waals surface area contributed by atoms with Crippen molar-refractivity contribution < 1.29 is 18.3 Å². The Morgan fingerprint density at radius 3 is 2.84 bits per heavy atom. The lowest BCUT2D eigenvalue weighted by Gasteiger charge is -2.12. The number of hydrogen-bond donors (Lipinski definition) is 2. The van der Waals surface area contributed by atoms with Gasteiger partial charge in [0.1, 0.15) is 5.75 Å². The molecular weight excluding hydrogens is 254 g/mol. The molecule has 0 aromatic heterocycles. The standard InChI is InChI=1S/C13H18F2N2O2/c1-2-4-11(16)12(18)17-8-9-5-3-6-10(7-9)19-13(14)15/h3,5-7,11,13H,2,4,8,16H2,1H3,(H,17,18). The zero-order chi connectivity index (χ0) is 14.3. The van der Waals surface area contributed by atoms with Crippen molar-refractivity contribution in [2.45, 2.75) is 39.0 Å². The average Bonchev–Trinajstić information content (AvgIpc) is 2.36. The number of nitrogens with two attached hydrogens (primary N) is 1. The number of ether oxygens (including phenoxy) is 1. The molecule has 4 nitrogen and oxygen atoms in total. The summed E-state index contributed by atoms with van der Waals surface area (Å²) in [5.74, 6) is -0.179. The monoisotopic (exact) mass is 272 g/mol. The number of hydrogen-bond acceptors (Lipinski definition) is 3. The van der Waals surface area contributed by atoms with Gasteiger partial charge in [0.2, 0.25) is 5.91 Å².